The molecule has 0 radical (unpaired) electrons. The Morgan fingerprint density at radius 1 is 1.47 bits per heavy atom. The third kappa shape index (κ3) is 2.08. The van der Waals surface area contributed by atoms with Crippen LogP contribution in [0.5, 0.6) is 0 Å². The maximum absolute atomic E-state index is 11.3. The smallest absolute Gasteiger partial charge is 0.292 e. The van der Waals surface area contributed by atoms with E-state index in [1.54, 1.807) is 19.1 Å². The van der Waals surface area contributed by atoms with Crippen molar-refractivity contribution in [3.63, 3.8) is 0 Å². The largest absolute Gasteiger partial charge is 0.389 e. The van der Waals surface area contributed by atoms with Crippen molar-refractivity contribution in [3.8, 4) is 0 Å². The summed E-state index contributed by atoms with van der Waals surface area (Å²) in [6, 6.07) is 5.55. The molecule has 0 spiro atoms. The van der Waals surface area contributed by atoms with Gasteiger partial charge in [0.1, 0.15) is 5.69 Å². The zero-order chi connectivity index (χ0) is 13.6. The Kier molecular flexibility index (Phi) is 2.93. The van der Waals surface area contributed by atoms with E-state index in [0.717, 1.165) is 19.4 Å². The molecule has 1 aromatic carbocycles. The summed E-state index contributed by atoms with van der Waals surface area (Å²) in [4.78, 5) is 13.1. The van der Waals surface area contributed by atoms with Gasteiger partial charge in [0.05, 0.1) is 11.0 Å². The topological polar surface area (TPSA) is 66.6 Å². The van der Waals surface area contributed by atoms with Gasteiger partial charge in [0.15, 0.2) is 0 Å². The average molecular weight is 262 g/mol. The van der Waals surface area contributed by atoms with Gasteiger partial charge in [-0.3, -0.25) is 10.1 Å². The normalized spacial score (nSPS) is 26.7. The molecular formula is C14H18N2O3. The van der Waals surface area contributed by atoms with E-state index in [1.807, 2.05) is 0 Å². The standard InChI is InChI=1S/C14H18N2O3/c1-9(17)11-3-5-13(14(7-11)16(18)19)15-8-10-2-4-12(15)6-10/h3,5,7,9-10,12,17H,2,4,6,8H2,1H3/t9-,10?,12?/m1/s1. The Morgan fingerprint density at radius 2 is 2.26 bits per heavy atom. The molecule has 5 nitrogen and oxygen atoms in total. The molecule has 3 atom stereocenters. The SMILES string of the molecule is C[C@@H](O)c1ccc(N2CC3CCC2C3)c([N+](=O)[O-])c1. The van der Waals surface area contributed by atoms with Crippen molar-refractivity contribution >= 4 is 11.4 Å². The maximum Gasteiger partial charge on any atom is 0.292 e. The summed E-state index contributed by atoms with van der Waals surface area (Å²) in [6.07, 6.45) is 2.87. The molecule has 2 unspecified atom stereocenters. The Balaban J connectivity index is 1.99. The molecule has 3 rings (SSSR count). The zero-order valence-corrected chi connectivity index (χ0v) is 11.0. The molecule has 102 valence electrons. The van der Waals surface area contributed by atoms with Crippen molar-refractivity contribution in [1.82, 2.24) is 0 Å². The number of aliphatic hydroxyl groups is 1. The molecule has 0 amide bonds. The highest BCUT2D eigenvalue weighted by Crippen LogP contribution is 2.43. The Morgan fingerprint density at radius 3 is 2.79 bits per heavy atom. The fourth-order valence-electron chi connectivity index (χ4n) is 3.41. The third-order valence-corrected chi connectivity index (χ3v) is 4.40. The molecule has 1 aliphatic heterocycles. The van der Waals surface area contributed by atoms with Crippen molar-refractivity contribution < 1.29 is 10.0 Å². The molecule has 2 fully saturated rings. The van der Waals surface area contributed by atoms with Crippen LogP contribution >= 0.6 is 0 Å². The average Bonchev–Trinajstić information content (AvgIpc) is 3.00. The van der Waals surface area contributed by atoms with Crippen LogP contribution < -0.4 is 4.90 Å². The molecule has 1 aromatic rings. The van der Waals surface area contributed by atoms with E-state index in [0.29, 0.717) is 23.2 Å². The predicted molar refractivity (Wildman–Crippen MR) is 72.2 cm³/mol. The van der Waals surface area contributed by atoms with Gasteiger partial charge in [-0.1, -0.05) is 6.07 Å². The molecule has 1 saturated carbocycles. The number of fused-ring (bicyclic) bond motifs is 2. The number of benzene rings is 1. The van der Waals surface area contributed by atoms with Crippen molar-refractivity contribution in [3.05, 3.63) is 33.9 Å². The highest BCUT2D eigenvalue weighted by atomic mass is 16.6. The monoisotopic (exact) mass is 262 g/mol. The third-order valence-electron chi connectivity index (χ3n) is 4.40. The Bertz CT molecular complexity index is 515. The molecule has 2 aliphatic rings. The first-order valence-electron chi connectivity index (χ1n) is 6.79. The van der Waals surface area contributed by atoms with Gasteiger partial charge in [-0.25, -0.2) is 0 Å². The molecule has 1 N–H and O–H groups in total. The first-order valence-corrected chi connectivity index (χ1v) is 6.79. The summed E-state index contributed by atoms with van der Waals surface area (Å²) in [5, 5.41) is 20.8. The number of anilines is 1. The second-order valence-electron chi connectivity index (χ2n) is 5.67. The van der Waals surface area contributed by atoms with Gasteiger partial charge in [0.2, 0.25) is 0 Å². The second-order valence-corrected chi connectivity index (χ2v) is 5.67. The molecule has 2 bridgehead atoms. The maximum atomic E-state index is 11.3. The molecule has 1 saturated heterocycles. The number of nitro benzene ring substituents is 1. The minimum Gasteiger partial charge on any atom is -0.389 e. The van der Waals surface area contributed by atoms with Gasteiger partial charge in [0.25, 0.3) is 5.69 Å². The van der Waals surface area contributed by atoms with Crippen LogP contribution in [0.2, 0.25) is 0 Å². The molecule has 19 heavy (non-hydrogen) atoms. The van der Waals surface area contributed by atoms with Crippen LogP contribution in [-0.2, 0) is 0 Å². The van der Waals surface area contributed by atoms with Crippen LogP contribution in [0, 0.1) is 16.0 Å². The number of nitrogens with zero attached hydrogens (tertiary/aromatic N) is 2. The van der Waals surface area contributed by atoms with E-state index in [2.05, 4.69) is 4.90 Å². The highest BCUT2D eigenvalue weighted by molar-refractivity contribution is 5.66. The summed E-state index contributed by atoms with van der Waals surface area (Å²) in [5.41, 5.74) is 1.42. The lowest BCUT2D eigenvalue weighted by Gasteiger charge is -2.29. The summed E-state index contributed by atoms with van der Waals surface area (Å²) < 4.78 is 0. The van der Waals surface area contributed by atoms with Crippen LogP contribution in [0.4, 0.5) is 11.4 Å². The number of rotatable bonds is 3. The summed E-state index contributed by atoms with van der Waals surface area (Å²) in [6.45, 7) is 2.55. The number of aliphatic hydroxyl groups excluding tert-OH is 1. The summed E-state index contributed by atoms with van der Waals surface area (Å²) >= 11 is 0. The molecular weight excluding hydrogens is 244 g/mol. The van der Waals surface area contributed by atoms with Crippen molar-refractivity contribution in [2.75, 3.05) is 11.4 Å². The second kappa shape index (κ2) is 4.49. The Hall–Kier alpha value is -1.62. The van der Waals surface area contributed by atoms with Crippen molar-refractivity contribution in [2.24, 2.45) is 5.92 Å². The van der Waals surface area contributed by atoms with E-state index in [-0.39, 0.29) is 10.6 Å². The van der Waals surface area contributed by atoms with E-state index < -0.39 is 6.10 Å². The summed E-state index contributed by atoms with van der Waals surface area (Å²) in [7, 11) is 0. The highest BCUT2D eigenvalue weighted by Gasteiger charge is 2.40. The fraction of sp³-hybridized carbons (Fsp3) is 0.571. The van der Waals surface area contributed by atoms with E-state index in [9.17, 15) is 15.2 Å². The van der Waals surface area contributed by atoms with E-state index in [4.69, 9.17) is 0 Å². The van der Waals surface area contributed by atoms with Crippen LogP contribution in [-0.4, -0.2) is 22.6 Å². The van der Waals surface area contributed by atoms with Gasteiger partial charge < -0.3 is 10.0 Å². The van der Waals surface area contributed by atoms with Gasteiger partial charge in [-0.05, 0) is 43.7 Å². The first-order chi connectivity index (χ1) is 9.06. The predicted octanol–water partition coefficient (Wildman–Crippen LogP) is 2.64. The van der Waals surface area contributed by atoms with Gasteiger partial charge in [0, 0.05) is 18.7 Å². The van der Waals surface area contributed by atoms with Gasteiger partial charge in [-0.15, -0.1) is 0 Å². The number of hydrogen-bond acceptors (Lipinski definition) is 4. The van der Waals surface area contributed by atoms with Gasteiger partial charge in [-0.2, -0.15) is 0 Å². The summed E-state index contributed by atoms with van der Waals surface area (Å²) in [5.74, 6) is 0.695. The van der Waals surface area contributed by atoms with E-state index in [1.165, 1.54) is 12.5 Å². The lowest BCUT2D eigenvalue weighted by atomic mass is 10.1. The molecule has 1 heterocycles. The lowest BCUT2D eigenvalue weighted by Crippen LogP contribution is -2.32. The van der Waals surface area contributed by atoms with Crippen molar-refractivity contribution in [2.45, 2.75) is 38.3 Å². The van der Waals surface area contributed by atoms with Crippen LogP contribution in [0.3, 0.4) is 0 Å². The molecule has 0 aromatic heterocycles. The van der Waals surface area contributed by atoms with Gasteiger partial charge >= 0.3 is 0 Å². The zero-order valence-electron chi connectivity index (χ0n) is 11.0. The fourth-order valence-corrected chi connectivity index (χ4v) is 3.41. The van der Waals surface area contributed by atoms with Crippen LogP contribution in [0.15, 0.2) is 18.2 Å². The quantitative estimate of drug-likeness (QED) is 0.671. The van der Waals surface area contributed by atoms with E-state index >= 15 is 0 Å². The van der Waals surface area contributed by atoms with Crippen LogP contribution in [0.1, 0.15) is 37.9 Å². The number of hydrogen-bond donors (Lipinski definition) is 1. The lowest BCUT2D eigenvalue weighted by molar-refractivity contribution is -0.384. The number of piperidine rings is 1. The molecule has 1 aliphatic carbocycles. The minimum absolute atomic E-state index is 0.117. The number of nitro groups is 1. The Labute approximate surface area is 112 Å². The minimum atomic E-state index is -0.678. The van der Waals surface area contributed by atoms with Crippen molar-refractivity contribution in [1.29, 1.82) is 0 Å². The molecule has 5 heteroatoms. The first kappa shape index (κ1) is 12.4. The van der Waals surface area contributed by atoms with Crippen LogP contribution in [0.25, 0.3) is 0 Å².